The Morgan fingerprint density at radius 2 is 1.90 bits per heavy atom. The Morgan fingerprint density at radius 3 is 2.57 bits per heavy atom. The van der Waals surface area contributed by atoms with Gasteiger partial charge in [0.15, 0.2) is 0 Å². The Kier molecular flexibility index (Phi) is 5.50. The minimum absolute atomic E-state index is 0.136. The lowest BCUT2D eigenvalue weighted by Gasteiger charge is -2.36. The number of carbonyl (C=O) groups is 1. The molecule has 0 aliphatic heterocycles. The molecule has 0 fully saturated rings. The minimum Gasteiger partial charge on any atom is -0.478 e. The van der Waals surface area contributed by atoms with E-state index < -0.39 is 5.97 Å². The second kappa shape index (κ2) is 7.96. The van der Waals surface area contributed by atoms with Gasteiger partial charge in [0.2, 0.25) is 0 Å². The lowest BCUT2D eigenvalue weighted by Crippen LogP contribution is -2.29. The molecule has 0 spiro atoms. The van der Waals surface area contributed by atoms with Crippen LogP contribution in [0.25, 0.3) is 16.9 Å². The molecule has 1 unspecified atom stereocenters. The molecule has 1 heterocycles. The normalized spacial score (nSPS) is 16.3. The van der Waals surface area contributed by atoms with Crippen molar-refractivity contribution in [3.05, 3.63) is 76.4 Å². The van der Waals surface area contributed by atoms with Crippen LogP contribution in [0.5, 0.6) is 0 Å². The van der Waals surface area contributed by atoms with Crippen molar-refractivity contribution in [2.75, 3.05) is 0 Å². The number of aromatic carboxylic acids is 1. The molecule has 0 saturated heterocycles. The quantitative estimate of drug-likeness (QED) is 0.480. The standard InChI is InChI=1S/C26H28ClNO2/c1-4-26(2,3)19-10-13-23-18(14-19)15-24(17-8-6-5-7-9-17)28(23)20-11-12-22(27)21(16-20)25(29)30/h5-9,11-12,15-16,19H,4,10,13-14H2,1-3H3,(H,29,30). The summed E-state index contributed by atoms with van der Waals surface area (Å²) < 4.78 is 2.24. The zero-order chi connectivity index (χ0) is 21.5. The maximum absolute atomic E-state index is 11.7. The summed E-state index contributed by atoms with van der Waals surface area (Å²) in [7, 11) is 0. The fourth-order valence-corrected chi connectivity index (χ4v) is 4.82. The van der Waals surface area contributed by atoms with E-state index in [0.29, 0.717) is 11.3 Å². The van der Waals surface area contributed by atoms with E-state index in [1.165, 1.54) is 17.7 Å². The van der Waals surface area contributed by atoms with Gasteiger partial charge in [-0.1, -0.05) is 69.1 Å². The Bertz CT molecular complexity index is 1080. The summed E-state index contributed by atoms with van der Waals surface area (Å²) in [5, 5.41) is 9.83. The van der Waals surface area contributed by atoms with Crippen molar-refractivity contribution in [1.82, 2.24) is 4.57 Å². The number of aromatic nitrogens is 1. The van der Waals surface area contributed by atoms with E-state index in [2.05, 4.69) is 43.5 Å². The molecule has 2 aromatic carbocycles. The summed E-state index contributed by atoms with van der Waals surface area (Å²) in [5.74, 6) is -0.358. The second-order valence-electron chi connectivity index (χ2n) is 8.95. The maximum Gasteiger partial charge on any atom is 0.337 e. The number of halogens is 1. The molecule has 3 aromatic rings. The number of fused-ring (bicyclic) bond motifs is 1. The Morgan fingerprint density at radius 1 is 1.17 bits per heavy atom. The van der Waals surface area contributed by atoms with Gasteiger partial charge in [-0.2, -0.15) is 0 Å². The van der Waals surface area contributed by atoms with Crippen molar-refractivity contribution in [2.45, 2.75) is 46.5 Å². The van der Waals surface area contributed by atoms with E-state index in [0.717, 1.165) is 36.2 Å². The molecule has 4 rings (SSSR count). The van der Waals surface area contributed by atoms with Gasteiger partial charge >= 0.3 is 5.97 Å². The van der Waals surface area contributed by atoms with E-state index >= 15 is 0 Å². The molecule has 0 bridgehead atoms. The molecule has 1 N–H and O–H groups in total. The molecule has 1 aromatic heterocycles. The predicted octanol–water partition coefficient (Wildman–Crippen LogP) is 7.04. The van der Waals surface area contributed by atoms with Gasteiger partial charge in [-0.25, -0.2) is 4.79 Å². The van der Waals surface area contributed by atoms with Crippen molar-refractivity contribution in [3.63, 3.8) is 0 Å². The molecule has 4 heteroatoms. The van der Waals surface area contributed by atoms with Crippen LogP contribution in [0, 0.1) is 11.3 Å². The third kappa shape index (κ3) is 3.67. The van der Waals surface area contributed by atoms with Crippen molar-refractivity contribution >= 4 is 17.6 Å². The van der Waals surface area contributed by atoms with Crippen LogP contribution in [0.2, 0.25) is 5.02 Å². The number of hydrogen-bond acceptors (Lipinski definition) is 1. The first-order valence-electron chi connectivity index (χ1n) is 10.6. The molecule has 1 aliphatic carbocycles. The highest BCUT2D eigenvalue weighted by Gasteiger charge is 2.33. The van der Waals surface area contributed by atoms with E-state index in [4.69, 9.17) is 11.6 Å². The summed E-state index contributed by atoms with van der Waals surface area (Å²) >= 11 is 6.15. The van der Waals surface area contributed by atoms with Gasteiger partial charge < -0.3 is 9.67 Å². The van der Waals surface area contributed by atoms with E-state index in [1.807, 2.05) is 24.3 Å². The highest BCUT2D eigenvalue weighted by Crippen LogP contribution is 2.43. The Labute approximate surface area is 183 Å². The van der Waals surface area contributed by atoms with Crippen LogP contribution in [0.15, 0.2) is 54.6 Å². The molecule has 156 valence electrons. The summed E-state index contributed by atoms with van der Waals surface area (Å²) in [4.78, 5) is 11.7. The average molecular weight is 422 g/mol. The predicted molar refractivity (Wildman–Crippen MR) is 123 cm³/mol. The highest BCUT2D eigenvalue weighted by molar-refractivity contribution is 6.33. The molecular weight excluding hydrogens is 394 g/mol. The zero-order valence-corrected chi connectivity index (χ0v) is 18.5. The molecule has 1 atom stereocenters. The van der Waals surface area contributed by atoms with Gasteiger partial charge in [0.05, 0.1) is 16.3 Å². The second-order valence-corrected chi connectivity index (χ2v) is 9.36. The third-order valence-corrected chi connectivity index (χ3v) is 7.24. The number of carboxylic acid groups (broad SMARTS) is 1. The van der Waals surface area contributed by atoms with Crippen molar-refractivity contribution in [2.24, 2.45) is 11.3 Å². The smallest absolute Gasteiger partial charge is 0.337 e. The molecule has 30 heavy (non-hydrogen) atoms. The monoisotopic (exact) mass is 421 g/mol. The van der Waals surface area contributed by atoms with E-state index in [1.54, 1.807) is 12.1 Å². The van der Waals surface area contributed by atoms with Crippen LogP contribution in [-0.2, 0) is 12.8 Å². The number of nitrogens with zero attached hydrogens (tertiary/aromatic N) is 1. The lowest BCUT2D eigenvalue weighted by molar-refractivity contribution is 0.0697. The summed E-state index contributed by atoms with van der Waals surface area (Å²) in [6.07, 6.45) is 4.35. The van der Waals surface area contributed by atoms with Gasteiger partial charge in [-0.3, -0.25) is 0 Å². The zero-order valence-electron chi connectivity index (χ0n) is 17.8. The van der Waals surface area contributed by atoms with E-state index in [-0.39, 0.29) is 10.6 Å². The average Bonchev–Trinajstić information content (AvgIpc) is 3.13. The molecule has 0 amide bonds. The first-order valence-corrected chi connectivity index (χ1v) is 11.0. The number of carboxylic acids is 1. The number of benzene rings is 2. The number of hydrogen-bond donors (Lipinski definition) is 1. The van der Waals surface area contributed by atoms with Crippen LogP contribution in [0.3, 0.4) is 0 Å². The fourth-order valence-electron chi connectivity index (χ4n) is 4.62. The lowest BCUT2D eigenvalue weighted by atomic mass is 9.69. The van der Waals surface area contributed by atoms with Crippen molar-refractivity contribution in [1.29, 1.82) is 0 Å². The topological polar surface area (TPSA) is 42.2 Å². The molecule has 0 radical (unpaired) electrons. The van der Waals surface area contributed by atoms with Crippen molar-refractivity contribution in [3.8, 4) is 16.9 Å². The molecule has 1 aliphatic rings. The third-order valence-electron chi connectivity index (χ3n) is 6.91. The minimum atomic E-state index is -1.01. The summed E-state index contributed by atoms with van der Waals surface area (Å²) in [5.41, 5.74) is 6.19. The maximum atomic E-state index is 11.7. The van der Waals surface area contributed by atoms with Crippen molar-refractivity contribution < 1.29 is 9.90 Å². The fraction of sp³-hybridized carbons (Fsp3) is 0.346. The van der Waals surface area contributed by atoms with Gasteiger partial charge in [0.25, 0.3) is 0 Å². The van der Waals surface area contributed by atoms with Gasteiger partial charge in [0, 0.05) is 11.4 Å². The molecule has 0 saturated carbocycles. The van der Waals surface area contributed by atoms with Gasteiger partial charge in [-0.05, 0) is 66.0 Å². The molecule has 3 nitrogen and oxygen atoms in total. The number of rotatable bonds is 5. The Hall–Kier alpha value is -2.52. The van der Waals surface area contributed by atoms with Gasteiger partial charge in [0.1, 0.15) is 0 Å². The van der Waals surface area contributed by atoms with Gasteiger partial charge in [-0.15, -0.1) is 0 Å². The summed E-state index contributed by atoms with van der Waals surface area (Å²) in [6, 6.07) is 17.9. The largest absolute Gasteiger partial charge is 0.478 e. The van der Waals surface area contributed by atoms with E-state index in [9.17, 15) is 9.90 Å². The Balaban J connectivity index is 1.89. The van der Waals surface area contributed by atoms with Crippen LogP contribution in [0.1, 0.15) is 55.2 Å². The first kappa shape index (κ1) is 20.7. The molecular formula is C26H28ClNO2. The first-order chi connectivity index (χ1) is 14.3. The SMILES string of the molecule is CCC(C)(C)C1CCc2c(cc(-c3ccccc3)n2-c2ccc(Cl)c(C(=O)O)c2)C1. The highest BCUT2D eigenvalue weighted by atomic mass is 35.5. The van der Waals surface area contributed by atoms with Crippen LogP contribution < -0.4 is 0 Å². The van der Waals surface area contributed by atoms with Crippen LogP contribution in [0.4, 0.5) is 0 Å². The summed E-state index contributed by atoms with van der Waals surface area (Å²) in [6.45, 7) is 7.02. The van der Waals surface area contributed by atoms with Crippen LogP contribution in [-0.4, -0.2) is 15.6 Å². The van der Waals surface area contributed by atoms with Crippen LogP contribution >= 0.6 is 11.6 Å².